The molecule has 0 heterocycles. The minimum atomic E-state index is 0.139. The Labute approximate surface area is 143 Å². The van der Waals surface area contributed by atoms with E-state index in [0.29, 0.717) is 23.7 Å². The topological polar surface area (TPSA) is 78.1 Å². The summed E-state index contributed by atoms with van der Waals surface area (Å²) in [6.45, 7) is 4.28. The zero-order chi connectivity index (χ0) is 17.1. The van der Waals surface area contributed by atoms with E-state index >= 15 is 0 Å². The van der Waals surface area contributed by atoms with Gasteiger partial charge in [0.25, 0.3) is 0 Å². The lowest BCUT2D eigenvalue weighted by Crippen LogP contribution is -2.20. The highest BCUT2D eigenvalue weighted by atomic mass is 14.8. The first kappa shape index (κ1) is 15.1. The van der Waals surface area contributed by atoms with Crippen LogP contribution >= 0.6 is 0 Å². The van der Waals surface area contributed by atoms with E-state index in [9.17, 15) is 0 Å². The van der Waals surface area contributed by atoms with Crippen LogP contribution in [0.5, 0.6) is 0 Å². The van der Waals surface area contributed by atoms with Gasteiger partial charge in [-0.2, -0.15) is 0 Å². The standard InChI is InChI=1S/C21H25N3/c1-3-4-13(22)11-19-20-17-10-15(24)5-7-16(17)18-8-6-14(23)9-12(2)21(18,19)20/h3-12,18-20H,22-24H2,1-2H3/b4-3-,13-11+/t12?,18?,19-,20?,21?/m0/s1. The molecule has 1 spiro atoms. The molecule has 3 nitrogen and oxygen atoms in total. The van der Waals surface area contributed by atoms with Crippen molar-refractivity contribution in [3.05, 3.63) is 77.2 Å². The second kappa shape index (κ2) is 5.04. The molecule has 4 unspecified atom stereocenters. The van der Waals surface area contributed by atoms with Gasteiger partial charge in [-0.15, -0.1) is 0 Å². The van der Waals surface area contributed by atoms with Crippen LogP contribution in [0.1, 0.15) is 36.8 Å². The third kappa shape index (κ3) is 1.84. The fraction of sp³-hybridized carbons (Fsp3) is 0.333. The van der Waals surface area contributed by atoms with Crippen molar-refractivity contribution in [1.29, 1.82) is 0 Å². The molecule has 0 aromatic heterocycles. The second-order valence-electron chi connectivity index (χ2n) is 7.35. The first-order valence-corrected chi connectivity index (χ1v) is 8.65. The maximum absolute atomic E-state index is 6.20. The van der Waals surface area contributed by atoms with E-state index in [1.807, 2.05) is 25.1 Å². The molecule has 4 rings (SSSR count). The summed E-state index contributed by atoms with van der Waals surface area (Å²) in [5.74, 6) is 1.64. The number of nitrogen functional groups attached to an aromatic ring is 1. The number of nitrogens with two attached hydrogens (primary N) is 3. The number of rotatable bonds is 2. The average Bonchev–Trinajstić information content (AvgIpc) is 3.10. The number of fused-ring (bicyclic) bond motifs is 3. The Balaban J connectivity index is 1.88. The lowest BCUT2D eigenvalue weighted by atomic mass is 9.76. The molecule has 6 N–H and O–H groups in total. The van der Waals surface area contributed by atoms with Crippen LogP contribution in [-0.4, -0.2) is 0 Å². The lowest BCUT2D eigenvalue weighted by Gasteiger charge is -2.27. The SMILES string of the molecule is C/C=C\C(N)=C/[C@H]1C2c3cc(N)ccc3C3C=CC(N)=CC(C)C321. The zero-order valence-corrected chi connectivity index (χ0v) is 14.2. The summed E-state index contributed by atoms with van der Waals surface area (Å²) < 4.78 is 0. The van der Waals surface area contributed by atoms with Crippen LogP contribution in [0.25, 0.3) is 0 Å². The Morgan fingerprint density at radius 1 is 1.21 bits per heavy atom. The minimum absolute atomic E-state index is 0.139. The Bertz CT molecular complexity index is 814. The molecule has 0 aliphatic heterocycles. The van der Waals surface area contributed by atoms with Crippen molar-refractivity contribution in [2.45, 2.75) is 25.7 Å². The van der Waals surface area contributed by atoms with Gasteiger partial charge >= 0.3 is 0 Å². The van der Waals surface area contributed by atoms with Gasteiger partial charge < -0.3 is 17.2 Å². The molecule has 1 aromatic carbocycles. The van der Waals surface area contributed by atoms with E-state index < -0.39 is 0 Å². The smallest absolute Gasteiger partial charge is 0.0317 e. The number of benzene rings is 1. The van der Waals surface area contributed by atoms with Crippen molar-refractivity contribution in [3.63, 3.8) is 0 Å². The Morgan fingerprint density at radius 3 is 2.75 bits per heavy atom. The van der Waals surface area contributed by atoms with Crippen molar-refractivity contribution in [3.8, 4) is 0 Å². The van der Waals surface area contributed by atoms with Crippen LogP contribution in [0.15, 0.2) is 66.0 Å². The Morgan fingerprint density at radius 2 is 2.00 bits per heavy atom. The molecule has 1 aromatic rings. The lowest BCUT2D eigenvalue weighted by molar-refractivity contribution is 0.343. The largest absolute Gasteiger partial charge is 0.399 e. The highest BCUT2D eigenvalue weighted by Gasteiger charge is 2.73. The van der Waals surface area contributed by atoms with Gasteiger partial charge in [-0.05, 0) is 60.1 Å². The summed E-state index contributed by atoms with van der Waals surface area (Å²) in [5, 5.41) is 0. The van der Waals surface area contributed by atoms with Crippen LogP contribution in [0.2, 0.25) is 0 Å². The summed E-state index contributed by atoms with van der Waals surface area (Å²) in [6, 6.07) is 6.36. The summed E-state index contributed by atoms with van der Waals surface area (Å²) in [7, 11) is 0. The fourth-order valence-electron chi connectivity index (χ4n) is 5.27. The molecule has 0 saturated heterocycles. The maximum Gasteiger partial charge on any atom is 0.0317 e. The van der Waals surface area contributed by atoms with Crippen LogP contribution < -0.4 is 17.2 Å². The summed E-state index contributed by atoms with van der Waals surface area (Å²) in [4.78, 5) is 0. The highest BCUT2D eigenvalue weighted by molar-refractivity contribution is 5.61. The predicted octanol–water partition coefficient (Wildman–Crippen LogP) is 3.53. The van der Waals surface area contributed by atoms with Gasteiger partial charge in [0, 0.05) is 28.4 Å². The van der Waals surface area contributed by atoms with Gasteiger partial charge in [-0.1, -0.05) is 37.3 Å². The molecule has 0 bridgehead atoms. The van der Waals surface area contributed by atoms with E-state index in [1.54, 1.807) is 0 Å². The zero-order valence-electron chi connectivity index (χ0n) is 14.2. The fourth-order valence-corrected chi connectivity index (χ4v) is 5.27. The Kier molecular flexibility index (Phi) is 3.17. The summed E-state index contributed by atoms with van der Waals surface area (Å²) >= 11 is 0. The molecule has 0 amide bonds. The van der Waals surface area contributed by atoms with Crippen LogP contribution in [-0.2, 0) is 0 Å². The molecule has 3 heteroatoms. The van der Waals surface area contributed by atoms with Crippen LogP contribution in [0.3, 0.4) is 0 Å². The van der Waals surface area contributed by atoms with E-state index in [1.165, 1.54) is 11.1 Å². The molecule has 124 valence electrons. The van der Waals surface area contributed by atoms with Gasteiger partial charge in [0.1, 0.15) is 0 Å². The van der Waals surface area contributed by atoms with Gasteiger partial charge in [0.05, 0.1) is 0 Å². The molecule has 5 atom stereocenters. The first-order chi connectivity index (χ1) is 11.5. The van der Waals surface area contributed by atoms with Crippen molar-refractivity contribution in [2.75, 3.05) is 5.73 Å². The van der Waals surface area contributed by atoms with E-state index in [-0.39, 0.29) is 5.41 Å². The third-order valence-electron chi connectivity index (χ3n) is 6.13. The van der Waals surface area contributed by atoms with Crippen molar-refractivity contribution in [1.82, 2.24) is 0 Å². The molecular formula is C21H25N3. The van der Waals surface area contributed by atoms with E-state index in [4.69, 9.17) is 17.2 Å². The highest BCUT2D eigenvalue weighted by Crippen LogP contribution is 2.80. The molecule has 1 fully saturated rings. The number of allylic oxidation sites excluding steroid dienone is 6. The normalized spacial score (nSPS) is 36.8. The quantitative estimate of drug-likeness (QED) is 0.576. The summed E-state index contributed by atoms with van der Waals surface area (Å²) in [5.41, 5.74) is 23.9. The van der Waals surface area contributed by atoms with Crippen molar-refractivity contribution in [2.24, 2.45) is 28.7 Å². The van der Waals surface area contributed by atoms with Gasteiger partial charge in [-0.25, -0.2) is 0 Å². The van der Waals surface area contributed by atoms with Gasteiger partial charge in [0.15, 0.2) is 0 Å². The molecular weight excluding hydrogens is 294 g/mol. The van der Waals surface area contributed by atoms with E-state index in [0.717, 1.165) is 17.1 Å². The first-order valence-electron chi connectivity index (χ1n) is 8.65. The van der Waals surface area contributed by atoms with Crippen LogP contribution in [0, 0.1) is 17.3 Å². The summed E-state index contributed by atoms with van der Waals surface area (Å²) in [6.07, 6.45) is 12.7. The van der Waals surface area contributed by atoms with Gasteiger partial charge in [-0.3, -0.25) is 0 Å². The van der Waals surface area contributed by atoms with Gasteiger partial charge in [0.2, 0.25) is 0 Å². The van der Waals surface area contributed by atoms with Crippen LogP contribution in [0.4, 0.5) is 5.69 Å². The molecule has 1 saturated carbocycles. The minimum Gasteiger partial charge on any atom is -0.399 e. The third-order valence-corrected chi connectivity index (χ3v) is 6.13. The Hall–Kier alpha value is -2.42. The second-order valence-corrected chi connectivity index (χ2v) is 7.35. The van der Waals surface area contributed by atoms with E-state index in [2.05, 4.69) is 43.4 Å². The monoisotopic (exact) mass is 319 g/mol. The predicted molar refractivity (Wildman–Crippen MR) is 99.9 cm³/mol. The van der Waals surface area contributed by atoms with Crippen molar-refractivity contribution < 1.29 is 0 Å². The number of anilines is 1. The molecule has 3 aliphatic carbocycles. The maximum atomic E-state index is 6.20. The van der Waals surface area contributed by atoms with Crippen molar-refractivity contribution >= 4 is 5.69 Å². The number of hydrogen-bond donors (Lipinski definition) is 3. The molecule has 0 radical (unpaired) electrons. The average molecular weight is 319 g/mol. The molecule has 24 heavy (non-hydrogen) atoms. The molecule has 3 aliphatic rings. The number of hydrogen-bond acceptors (Lipinski definition) is 3.